The molecule has 0 bridgehead atoms. The van der Waals surface area contributed by atoms with E-state index in [0.29, 0.717) is 22.0 Å². The van der Waals surface area contributed by atoms with E-state index in [1.165, 1.54) is 0 Å². The smallest absolute Gasteiger partial charge is 0.340 e. The molecule has 0 aliphatic heterocycles. The number of hydrogen-bond donors (Lipinski definition) is 2. The van der Waals surface area contributed by atoms with Crippen molar-refractivity contribution in [3.8, 4) is 0 Å². The second-order valence-corrected chi connectivity index (χ2v) is 5.16. The van der Waals surface area contributed by atoms with E-state index >= 15 is 0 Å². The van der Waals surface area contributed by atoms with Gasteiger partial charge in [0.25, 0.3) is 0 Å². The van der Waals surface area contributed by atoms with Crippen LogP contribution in [0.5, 0.6) is 0 Å². The van der Waals surface area contributed by atoms with E-state index in [9.17, 15) is 9.59 Å². The fourth-order valence-electron chi connectivity index (χ4n) is 2.00. The van der Waals surface area contributed by atoms with Crippen molar-refractivity contribution in [2.45, 2.75) is 13.8 Å². The van der Waals surface area contributed by atoms with Crippen molar-refractivity contribution in [2.24, 2.45) is 0 Å². The van der Waals surface area contributed by atoms with E-state index in [-0.39, 0.29) is 6.61 Å². The monoisotopic (exact) mass is 332 g/mol. The molecule has 0 unspecified atom stereocenters. The van der Waals surface area contributed by atoms with Crippen LogP contribution in [0.2, 0.25) is 5.02 Å². The highest BCUT2D eigenvalue weighted by molar-refractivity contribution is 6.31. The average Bonchev–Trinajstić information content (AvgIpc) is 2.52. The Labute approximate surface area is 139 Å². The maximum absolute atomic E-state index is 12.2. The highest BCUT2D eigenvalue weighted by Gasteiger charge is 2.14. The molecule has 5 nitrogen and oxygen atoms in total. The van der Waals surface area contributed by atoms with Gasteiger partial charge in [0, 0.05) is 10.7 Å². The van der Waals surface area contributed by atoms with Crippen LogP contribution in [0.3, 0.4) is 0 Å². The molecule has 0 aromatic heterocycles. The second-order valence-electron chi connectivity index (χ2n) is 4.76. The van der Waals surface area contributed by atoms with E-state index in [4.69, 9.17) is 16.3 Å². The summed E-state index contributed by atoms with van der Waals surface area (Å²) in [6.07, 6.45) is 0. The number of para-hydroxylation sites is 1. The SMILES string of the molecule is CCOC(=O)c1ccccc1NC(=O)Nc1cccc(Cl)c1C. The number of rotatable bonds is 4. The van der Waals surface area contributed by atoms with Crippen LogP contribution in [0.15, 0.2) is 42.5 Å². The summed E-state index contributed by atoms with van der Waals surface area (Å²) in [7, 11) is 0. The van der Waals surface area contributed by atoms with Crippen LogP contribution in [0.1, 0.15) is 22.8 Å². The van der Waals surface area contributed by atoms with Gasteiger partial charge in [-0.1, -0.05) is 29.8 Å². The van der Waals surface area contributed by atoms with Crippen LogP contribution in [-0.2, 0) is 4.74 Å². The van der Waals surface area contributed by atoms with Gasteiger partial charge in [0.2, 0.25) is 0 Å². The van der Waals surface area contributed by atoms with Crippen molar-refractivity contribution >= 4 is 35.0 Å². The summed E-state index contributed by atoms with van der Waals surface area (Å²) in [5, 5.41) is 5.93. The third-order valence-corrected chi connectivity index (χ3v) is 3.60. The number of nitrogens with one attached hydrogen (secondary N) is 2. The van der Waals surface area contributed by atoms with E-state index in [1.807, 2.05) is 6.92 Å². The number of ether oxygens (including phenoxy) is 1. The maximum Gasteiger partial charge on any atom is 0.340 e. The fourth-order valence-corrected chi connectivity index (χ4v) is 2.17. The first-order valence-corrected chi connectivity index (χ1v) is 7.50. The van der Waals surface area contributed by atoms with Crippen LogP contribution in [-0.4, -0.2) is 18.6 Å². The lowest BCUT2D eigenvalue weighted by atomic mass is 10.2. The van der Waals surface area contributed by atoms with E-state index < -0.39 is 12.0 Å². The molecule has 0 saturated carbocycles. The quantitative estimate of drug-likeness (QED) is 0.812. The van der Waals surface area contributed by atoms with Crippen LogP contribution in [0.25, 0.3) is 0 Å². The van der Waals surface area contributed by atoms with Crippen molar-refractivity contribution in [3.05, 3.63) is 58.6 Å². The Morgan fingerprint density at radius 3 is 2.43 bits per heavy atom. The van der Waals surface area contributed by atoms with Crippen molar-refractivity contribution in [2.75, 3.05) is 17.2 Å². The van der Waals surface area contributed by atoms with Gasteiger partial charge in [-0.15, -0.1) is 0 Å². The Morgan fingerprint density at radius 2 is 1.70 bits per heavy atom. The number of anilines is 2. The van der Waals surface area contributed by atoms with Gasteiger partial charge in [0.15, 0.2) is 0 Å². The van der Waals surface area contributed by atoms with E-state index in [2.05, 4.69) is 10.6 Å². The van der Waals surface area contributed by atoms with Gasteiger partial charge in [0.1, 0.15) is 0 Å². The van der Waals surface area contributed by atoms with Crippen LogP contribution < -0.4 is 10.6 Å². The Hall–Kier alpha value is -2.53. The molecule has 2 rings (SSSR count). The molecule has 0 radical (unpaired) electrons. The van der Waals surface area contributed by atoms with E-state index in [1.54, 1.807) is 49.4 Å². The molecular weight excluding hydrogens is 316 g/mol. The zero-order chi connectivity index (χ0) is 16.8. The van der Waals surface area contributed by atoms with Crippen LogP contribution in [0, 0.1) is 6.92 Å². The molecule has 0 fully saturated rings. The van der Waals surface area contributed by atoms with Crippen molar-refractivity contribution in [1.29, 1.82) is 0 Å². The lowest BCUT2D eigenvalue weighted by Gasteiger charge is -2.13. The van der Waals surface area contributed by atoms with Gasteiger partial charge in [-0.2, -0.15) is 0 Å². The average molecular weight is 333 g/mol. The second kappa shape index (κ2) is 7.65. The van der Waals surface area contributed by atoms with Crippen molar-refractivity contribution in [3.63, 3.8) is 0 Å². The van der Waals surface area contributed by atoms with Gasteiger partial charge in [-0.3, -0.25) is 0 Å². The molecule has 0 aliphatic carbocycles. The third kappa shape index (κ3) is 4.23. The highest BCUT2D eigenvalue weighted by Crippen LogP contribution is 2.23. The highest BCUT2D eigenvalue weighted by atomic mass is 35.5. The molecular formula is C17H17ClN2O3. The molecule has 2 N–H and O–H groups in total. The molecule has 2 amide bonds. The predicted octanol–water partition coefficient (Wildman–Crippen LogP) is 4.47. The summed E-state index contributed by atoms with van der Waals surface area (Å²) < 4.78 is 4.98. The standard InChI is InChI=1S/C17H17ClN2O3/c1-3-23-16(21)12-7-4-5-9-15(12)20-17(22)19-14-10-6-8-13(18)11(14)2/h4-10H,3H2,1-2H3,(H2,19,20,22). The predicted molar refractivity (Wildman–Crippen MR) is 91.2 cm³/mol. The number of carbonyl (C=O) groups excluding carboxylic acids is 2. The molecule has 120 valence electrons. The Balaban J connectivity index is 2.15. The molecule has 0 aliphatic rings. The fraction of sp³-hybridized carbons (Fsp3) is 0.176. The van der Waals surface area contributed by atoms with Gasteiger partial charge >= 0.3 is 12.0 Å². The summed E-state index contributed by atoms with van der Waals surface area (Å²) in [6, 6.07) is 11.4. The first-order chi connectivity index (χ1) is 11.0. The summed E-state index contributed by atoms with van der Waals surface area (Å²) >= 11 is 6.03. The molecule has 2 aromatic carbocycles. The number of benzene rings is 2. The first-order valence-electron chi connectivity index (χ1n) is 7.12. The minimum atomic E-state index is -0.484. The number of carbonyl (C=O) groups is 2. The number of halogens is 1. The lowest BCUT2D eigenvalue weighted by Crippen LogP contribution is -2.21. The summed E-state index contributed by atoms with van der Waals surface area (Å²) in [5.74, 6) is -0.484. The normalized spacial score (nSPS) is 10.0. The topological polar surface area (TPSA) is 67.4 Å². The number of amides is 2. The number of urea groups is 1. The molecule has 0 heterocycles. The van der Waals surface area contributed by atoms with Gasteiger partial charge in [-0.25, -0.2) is 9.59 Å². The summed E-state index contributed by atoms with van der Waals surface area (Å²) in [4.78, 5) is 24.1. The summed E-state index contributed by atoms with van der Waals surface area (Å²) in [5.41, 5.74) is 2.04. The first kappa shape index (κ1) is 16.8. The lowest BCUT2D eigenvalue weighted by molar-refractivity contribution is 0.0527. The molecule has 0 saturated heterocycles. The maximum atomic E-state index is 12.2. The zero-order valence-electron chi connectivity index (χ0n) is 12.9. The molecule has 6 heteroatoms. The number of esters is 1. The van der Waals surface area contributed by atoms with Crippen LogP contribution in [0.4, 0.5) is 16.2 Å². The van der Waals surface area contributed by atoms with Crippen LogP contribution >= 0.6 is 11.6 Å². The van der Waals surface area contributed by atoms with Gasteiger partial charge in [-0.05, 0) is 43.7 Å². The van der Waals surface area contributed by atoms with Crippen molar-refractivity contribution < 1.29 is 14.3 Å². The van der Waals surface area contributed by atoms with Gasteiger partial charge < -0.3 is 15.4 Å². The summed E-state index contributed by atoms with van der Waals surface area (Å²) in [6.45, 7) is 3.80. The minimum absolute atomic E-state index is 0.265. The molecule has 23 heavy (non-hydrogen) atoms. The Kier molecular flexibility index (Phi) is 5.60. The van der Waals surface area contributed by atoms with Crippen molar-refractivity contribution in [1.82, 2.24) is 0 Å². The largest absolute Gasteiger partial charge is 0.462 e. The Bertz CT molecular complexity index is 732. The molecule has 0 spiro atoms. The zero-order valence-corrected chi connectivity index (χ0v) is 13.6. The third-order valence-electron chi connectivity index (χ3n) is 3.19. The minimum Gasteiger partial charge on any atom is -0.462 e. The molecule has 0 atom stereocenters. The Morgan fingerprint density at radius 1 is 1.04 bits per heavy atom. The number of hydrogen-bond acceptors (Lipinski definition) is 3. The van der Waals surface area contributed by atoms with Gasteiger partial charge in [0.05, 0.1) is 17.9 Å². The van der Waals surface area contributed by atoms with E-state index in [0.717, 1.165) is 5.56 Å². The molecule has 2 aromatic rings.